The van der Waals surface area contributed by atoms with Crippen LogP contribution in [-0.4, -0.2) is 113 Å². The third-order valence-electron chi connectivity index (χ3n) is 14.0. The van der Waals surface area contributed by atoms with Gasteiger partial charge in [0.1, 0.15) is 11.4 Å². The van der Waals surface area contributed by atoms with Crippen molar-refractivity contribution in [1.29, 1.82) is 0 Å². The number of benzene rings is 2. The minimum Gasteiger partial charge on any atom is -0.490 e. The van der Waals surface area contributed by atoms with E-state index in [0.29, 0.717) is 30.3 Å². The van der Waals surface area contributed by atoms with Gasteiger partial charge >= 0.3 is 0 Å². The molecule has 3 fully saturated rings. The van der Waals surface area contributed by atoms with Crippen LogP contribution in [-0.2, 0) is 31.3 Å². The first-order valence-electron chi connectivity index (χ1n) is 20.0. The zero-order valence-electron chi connectivity index (χ0n) is 32.3. The molecule has 2 saturated heterocycles. The molecule has 0 radical (unpaired) electrons. The van der Waals surface area contributed by atoms with E-state index < -0.39 is 26.8 Å². The second-order valence-corrected chi connectivity index (χ2v) is 19.9. The van der Waals surface area contributed by atoms with E-state index in [1.165, 1.54) is 11.1 Å². The van der Waals surface area contributed by atoms with Crippen molar-refractivity contribution in [2.45, 2.75) is 81.1 Å². The van der Waals surface area contributed by atoms with Crippen molar-refractivity contribution in [3.8, 4) is 5.75 Å². The molecule has 6 aliphatic rings. The number of ether oxygens (including phenoxy) is 3. The second-order valence-electron chi connectivity index (χ2n) is 17.4. The van der Waals surface area contributed by atoms with Crippen LogP contribution in [0, 0.1) is 17.8 Å². The van der Waals surface area contributed by atoms with Crippen molar-refractivity contribution in [3.05, 3.63) is 70.3 Å². The minimum absolute atomic E-state index is 0.133. The first kappa shape index (κ1) is 38.2. The Balaban J connectivity index is 1.16. The van der Waals surface area contributed by atoms with Gasteiger partial charge in [-0.3, -0.25) is 14.6 Å². The van der Waals surface area contributed by atoms with E-state index in [2.05, 4.69) is 50.6 Å². The molecule has 294 valence electrons. The number of carbonyl (C=O) groups is 1. The standard InChI is InChI=1S/C42H57ClN4O6S/c1-29-7-5-16-42(51-4,25-45-17-19-47(20-18-45)40(3)26-52-27-40)36-12-9-33(36)23-46-24-41(15-6-8-31-21-34(43)11-13-35(31)41)28-53-38-14-10-32(22-37(38)46)39(48)44-54(49,50)30(29)2/h5,10-11,13-14,16,21-22,29-30,33,36H,6-9,12,15,17-20,23-28H2,1-4H3,(H,44,48)/b16-5-/t29-,30+,33-,36+,41-,42-/m0/s1. The predicted octanol–water partition coefficient (Wildman–Crippen LogP) is 5.68. The number of allylic oxidation sites excluding steroid dienone is 1. The highest BCUT2D eigenvalue weighted by Crippen LogP contribution is 2.49. The van der Waals surface area contributed by atoms with Crippen LogP contribution < -0.4 is 14.4 Å². The summed E-state index contributed by atoms with van der Waals surface area (Å²) in [6.07, 6.45) is 10.1. The van der Waals surface area contributed by atoms with Crippen LogP contribution in [0.5, 0.6) is 5.75 Å². The van der Waals surface area contributed by atoms with E-state index in [-0.39, 0.29) is 22.8 Å². The molecule has 1 N–H and O–H groups in total. The first-order chi connectivity index (χ1) is 25.8. The van der Waals surface area contributed by atoms with Crippen LogP contribution in [0.1, 0.15) is 74.4 Å². The lowest BCUT2D eigenvalue weighted by molar-refractivity contribution is -0.146. The minimum atomic E-state index is -3.96. The Labute approximate surface area is 326 Å². The summed E-state index contributed by atoms with van der Waals surface area (Å²) in [4.78, 5) is 21.3. The number of rotatable bonds is 4. The molecule has 2 aliphatic carbocycles. The molecule has 6 atom stereocenters. The zero-order chi connectivity index (χ0) is 37.9. The van der Waals surface area contributed by atoms with Gasteiger partial charge in [-0.05, 0) is 112 Å². The molecular weight excluding hydrogens is 724 g/mol. The summed E-state index contributed by atoms with van der Waals surface area (Å²) >= 11 is 6.51. The Morgan fingerprint density at radius 1 is 1.04 bits per heavy atom. The van der Waals surface area contributed by atoms with Gasteiger partial charge in [-0.2, -0.15) is 0 Å². The molecule has 2 aromatic rings. The number of amides is 1. The lowest BCUT2D eigenvalue weighted by atomic mass is 9.63. The fraction of sp³-hybridized carbons (Fsp3) is 0.643. The summed E-state index contributed by atoms with van der Waals surface area (Å²) < 4.78 is 48.7. The Morgan fingerprint density at radius 3 is 2.54 bits per heavy atom. The van der Waals surface area contributed by atoms with Gasteiger partial charge in [-0.1, -0.05) is 36.7 Å². The van der Waals surface area contributed by atoms with Gasteiger partial charge < -0.3 is 19.1 Å². The lowest BCUT2D eigenvalue weighted by Gasteiger charge is -2.54. The molecule has 2 aromatic carbocycles. The van der Waals surface area contributed by atoms with Gasteiger partial charge in [0.25, 0.3) is 5.91 Å². The van der Waals surface area contributed by atoms with Gasteiger partial charge in [0, 0.05) is 68.9 Å². The molecule has 1 amide bonds. The van der Waals surface area contributed by atoms with Gasteiger partial charge in [-0.15, -0.1) is 0 Å². The third kappa shape index (κ3) is 7.00. The van der Waals surface area contributed by atoms with Crippen molar-refractivity contribution < 1.29 is 27.4 Å². The monoisotopic (exact) mass is 780 g/mol. The van der Waals surface area contributed by atoms with Crippen LogP contribution in [0.25, 0.3) is 0 Å². The summed E-state index contributed by atoms with van der Waals surface area (Å²) in [7, 11) is -2.10. The Morgan fingerprint density at radius 2 is 1.83 bits per heavy atom. The molecule has 0 aromatic heterocycles. The fourth-order valence-electron chi connectivity index (χ4n) is 10.2. The summed E-state index contributed by atoms with van der Waals surface area (Å²) in [6, 6.07) is 11.7. The summed E-state index contributed by atoms with van der Waals surface area (Å²) in [5, 5.41) is -0.0328. The summed E-state index contributed by atoms with van der Waals surface area (Å²) in [5.74, 6) is 0.467. The number of piperazine rings is 1. The van der Waals surface area contributed by atoms with Crippen molar-refractivity contribution in [2.24, 2.45) is 17.8 Å². The number of nitrogens with zero attached hydrogens (tertiary/aromatic N) is 3. The maximum Gasteiger partial charge on any atom is 0.264 e. The average molecular weight is 781 g/mol. The number of carbonyl (C=O) groups excluding carboxylic acids is 1. The number of sulfonamides is 1. The predicted molar refractivity (Wildman–Crippen MR) is 212 cm³/mol. The molecule has 0 unspecified atom stereocenters. The van der Waals surface area contributed by atoms with Crippen molar-refractivity contribution in [2.75, 3.05) is 77.6 Å². The number of aryl methyl sites for hydroxylation is 1. The molecule has 4 heterocycles. The van der Waals surface area contributed by atoms with Crippen LogP contribution in [0.2, 0.25) is 5.02 Å². The highest BCUT2D eigenvalue weighted by Gasteiger charge is 2.50. The van der Waals surface area contributed by atoms with Crippen LogP contribution >= 0.6 is 11.6 Å². The number of fused-ring (bicyclic) bond motifs is 4. The Hall–Kier alpha value is -2.67. The SMILES string of the molecule is CO[C@]1(CN2CCN(C3(C)COC3)CC2)/C=C\C[C@H](C)[C@@H](C)S(=O)(=O)NC(=O)c2ccc3c(c2)N(C[C@@H]2CC[C@H]21)C[C@@]1(CCCc2cc(Cl)ccc21)CO3. The number of nitrogens with one attached hydrogen (secondary N) is 1. The molecule has 1 spiro atoms. The number of hydrogen-bond acceptors (Lipinski definition) is 9. The first-order valence-corrected chi connectivity index (χ1v) is 21.9. The topological polar surface area (TPSA) is 101 Å². The average Bonchev–Trinajstić information content (AvgIpc) is 3.28. The van der Waals surface area contributed by atoms with Crippen LogP contribution in [0.4, 0.5) is 5.69 Å². The van der Waals surface area contributed by atoms with Crippen molar-refractivity contribution >= 4 is 33.2 Å². The molecule has 12 heteroatoms. The normalized spacial score (nSPS) is 34.6. The summed E-state index contributed by atoms with van der Waals surface area (Å²) in [5.41, 5.74) is 3.02. The third-order valence-corrected chi connectivity index (χ3v) is 16.2. The van der Waals surface area contributed by atoms with Gasteiger partial charge in [0.05, 0.1) is 36.3 Å². The van der Waals surface area contributed by atoms with Crippen molar-refractivity contribution in [1.82, 2.24) is 14.5 Å². The van der Waals surface area contributed by atoms with E-state index in [9.17, 15) is 13.2 Å². The van der Waals surface area contributed by atoms with E-state index in [1.807, 2.05) is 32.2 Å². The fourth-order valence-corrected chi connectivity index (χ4v) is 11.7. The number of methoxy groups -OCH3 is 1. The van der Waals surface area contributed by atoms with E-state index in [1.54, 1.807) is 13.0 Å². The van der Waals surface area contributed by atoms with Gasteiger partial charge in [0.15, 0.2) is 0 Å². The van der Waals surface area contributed by atoms with E-state index >= 15 is 0 Å². The summed E-state index contributed by atoms with van der Waals surface area (Å²) in [6.45, 7) is 14.2. The lowest BCUT2D eigenvalue weighted by Crippen LogP contribution is -2.66. The van der Waals surface area contributed by atoms with Crippen LogP contribution in [0.3, 0.4) is 0 Å². The van der Waals surface area contributed by atoms with Gasteiger partial charge in [-0.25, -0.2) is 13.1 Å². The quantitative estimate of drug-likeness (QED) is 0.394. The Kier molecular flexibility index (Phi) is 10.4. The molecule has 54 heavy (non-hydrogen) atoms. The largest absolute Gasteiger partial charge is 0.490 e. The van der Waals surface area contributed by atoms with E-state index in [0.717, 1.165) is 102 Å². The smallest absolute Gasteiger partial charge is 0.264 e. The van der Waals surface area contributed by atoms with Crippen molar-refractivity contribution in [3.63, 3.8) is 0 Å². The Bertz CT molecular complexity index is 1880. The number of anilines is 1. The highest BCUT2D eigenvalue weighted by atomic mass is 35.5. The van der Waals surface area contributed by atoms with E-state index in [4.69, 9.17) is 25.8 Å². The number of halogens is 1. The maximum absolute atomic E-state index is 13.7. The maximum atomic E-state index is 13.7. The second kappa shape index (κ2) is 14.7. The molecule has 4 aliphatic heterocycles. The van der Waals surface area contributed by atoms with Crippen LogP contribution in [0.15, 0.2) is 48.6 Å². The van der Waals surface area contributed by atoms with Gasteiger partial charge in [0.2, 0.25) is 10.0 Å². The molecule has 10 nitrogen and oxygen atoms in total. The highest BCUT2D eigenvalue weighted by molar-refractivity contribution is 7.90. The molecule has 2 bridgehead atoms. The molecule has 8 rings (SSSR count). The zero-order valence-corrected chi connectivity index (χ0v) is 33.9. The molecular formula is C42H57ClN4O6S. The molecule has 1 saturated carbocycles. The number of hydrogen-bond donors (Lipinski definition) is 1.